The number of benzene rings is 1. The van der Waals surface area contributed by atoms with E-state index in [1.54, 1.807) is 6.07 Å². The Balaban J connectivity index is 2.33. The van der Waals surface area contributed by atoms with Crippen LogP contribution in [0.25, 0.3) is 0 Å². The SMILES string of the molecule is CC1CN(c2ccc(CCN)c(C(F)(F)F)c2)CC(C)O1. The molecule has 118 valence electrons. The second-order valence-corrected chi connectivity index (χ2v) is 5.54. The predicted octanol–water partition coefficient (Wildman–Crippen LogP) is 2.82. The second-order valence-electron chi connectivity index (χ2n) is 5.54. The molecule has 1 aromatic rings. The van der Waals surface area contributed by atoms with E-state index in [0.717, 1.165) is 0 Å². The molecule has 1 saturated heterocycles. The first kappa shape index (κ1) is 16.1. The van der Waals surface area contributed by atoms with Crippen molar-refractivity contribution in [2.24, 2.45) is 5.73 Å². The Bertz CT molecular complexity index is 480. The van der Waals surface area contributed by atoms with E-state index in [4.69, 9.17) is 10.5 Å². The topological polar surface area (TPSA) is 38.5 Å². The van der Waals surface area contributed by atoms with Gasteiger partial charge in [-0.15, -0.1) is 0 Å². The summed E-state index contributed by atoms with van der Waals surface area (Å²) in [6.45, 7) is 5.25. The summed E-state index contributed by atoms with van der Waals surface area (Å²) < 4.78 is 45.2. The molecule has 6 heteroatoms. The molecule has 2 unspecified atom stereocenters. The van der Waals surface area contributed by atoms with Crippen LogP contribution in [-0.4, -0.2) is 31.8 Å². The monoisotopic (exact) mass is 302 g/mol. The van der Waals surface area contributed by atoms with E-state index >= 15 is 0 Å². The van der Waals surface area contributed by atoms with Crippen LogP contribution in [0.5, 0.6) is 0 Å². The lowest BCUT2D eigenvalue weighted by Gasteiger charge is -2.37. The molecule has 2 N–H and O–H groups in total. The summed E-state index contributed by atoms with van der Waals surface area (Å²) in [6, 6.07) is 4.51. The van der Waals surface area contributed by atoms with Crippen molar-refractivity contribution in [1.82, 2.24) is 0 Å². The first-order valence-electron chi connectivity index (χ1n) is 7.12. The molecule has 1 fully saturated rings. The van der Waals surface area contributed by atoms with Crippen LogP contribution >= 0.6 is 0 Å². The summed E-state index contributed by atoms with van der Waals surface area (Å²) in [6.07, 6.45) is -4.12. The Morgan fingerprint density at radius 3 is 2.38 bits per heavy atom. The van der Waals surface area contributed by atoms with Crippen molar-refractivity contribution in [3.05, 3.63) is 29.3 Å². The molecule has 0 amide bonds. The van der Waals surface area contributed by atoms with Gasteiger partial charge in [-0.05, 0) is 44.5 Å². The first-order valence-corrected chi connectivity index (χ1v) is 7.12. The fourth-order valence-electron chi connectivity index (χ4n) is 2.79. The summed E-state index contributed by atoms with van der Waals surface area (Å²) in [7, 11) is 0. The minimum absolute atomic E-state index is 0.00630. The van der Waals surface area contributed by atoms with Crippen LogP contribution in [0.1, 0.15) is 25.0 Å². The molecule has 2 rings (SSSR count). The smallest absolute Gasteiger partial charge is 0.372 e. The number of nitrogens with zero attached hydrogens (tertiary/aromatic N) is 1. The maximum Gasteiger partial charge on any atom is 0.416 e. The van der Waals surface area contributed by atoms with Crippen LogP contribution in [0.4, 0.5) is 18.9 Å². The third-order valence-corrected chi connectivity index (χ3v) is 3.60. The van der Waals surface area contributed by atoms with Crippen LogP contribution in [0, 0.1) is 0 Å². The molecule has 0 saturated carbocycles. The molecule has 0 bridgehead atoms. The maximum atomic E-state index is 13.2. The van der Waals surface area contributed by atoms with Crippen molar-refractivity contribution >= 4 is 5.69 Å². The van der Waals surface area contributed by atoms with E-state index in [2.05, 4.69) is 0 Å². The lowest BCUT2D eigenvalue weighted by molar-refractivity contribution is -0.138. The van der Waals surface area contributed by atoms with E-state index in [1.165, 1.54) is 12.1 Å². The van der Waals surface area contributed by atoms with Crippen LogP contribution in [0.15, 0.2) is 18.2 Å². The summed E-state index contributed by atoms with van der Waals surface area (Å²) in [4.78, 5) is 1.94. The van der Waals surface area contributed by atoms with E-state index in [-0.39, 0.29) is 30.7 Å². The fourth-order valence-corrected chi connectivity index (χ4v) is 2.79. The third-order valence-electron chi connectivity index (χ3n) is 3.60. The number of alkyl halides is 3. The largest absolute Gasteiger partial charge is 0.416 e. The number of hydrogen-bond acceptors (Lipinski definition) is 3. The number of nitrogens with two attached hydrogens (primary N) is 1. The second kappa shape index (κ2) is 6.23. The highest BCUT2D eigenvalue weighted by atomic mass is 19.4. The van der Waals surface area contributed by atoms with Gasteiger partial charge in [0, 0.05) is 18.8 Å². The normalized spacial score (nSPS) is 23.4. The molecule has 2 atom stereocenters. The Hall–Kier alpha value is -1.27. The van der Waals surface area contributed by atoms with Crippen molar-refractivity contribution in [2.75, 3.05) is 24.5 Å². The molecule has 21 heavy (non-hydrogen) atoms. The van der Waals surface area contributed by atoms with Crippen LogP contribution in [0.3, 0.4) is 0 Å². The molecule has 1 heterocycles. The fraction of sp³-hybridized carbons (Fsp3) is 0.600. The standard InChI is InChI=1S/C15H21F3N2O/c1-10-8-20(9-11(2)21-10)13-4-3-12(5-6-19)14(7-13)15(16,17)18/h3-4,7,10-11H,5-6,8-9,19H2,1-2H3. The number of ether oxygens (including phenoxy) is 1. The summed E-state index contributed by atoms with van der Waals surface area (Å²) in [5.74, 6) is 0. The first-order chi connectivity index (χ1) is 9.81. The summed E-state index contributed by atoms with van der Waals surface area (Å²) in [5.41, 5.74) is 5.65. The Labute approximate surface area is 122 Å². The van der Waals surface area contributed by atoms with Gasteiger partial charge in [0.15, 0.2) is 0 Å². The zero-order valence-electron chi connectivity index (χ0n) is 12.3. The van der Waals surface area contributed by atoms with Gasteiger partial charge in [0.05, 0.1) is 17.8 Å². The average Bonchev–Trinajstić information content (AvgIpc) is 2.37. The lowest BCUT2D eigenvalue weighted by Crippen LogP contribution is -2.45. The molecule has 0 radical (unpaired) electrons. The van der Waals surface area contributed by atoms with Gasteiger partial charge in [0.1, 0.15) is 0 Å². The van der Waals surface area contributed by atoms with Crippen LogP contribution < -0.4 is 10.6 Å². The minimum atomic E-state index is -4.36. The number of halogens is 3. The molecule has 0 aromatic heterocycles. The van der Waals surface area contributed by atoms with E-state index in [1.807, 2.05) is 18.7 Å². The summed E-state index contributed by atoms with van der Waals surface area (Å²) >= 11 is 0. The van der Waals surface area contributed by atoms with Gasteiger partial charge >= 0.3 is 6.18 Å². The highest BCUT2D eigenvalue weighted by Gasteiger charge is 2.34. The molecule has 1 aliphatic rings. The van der Waals surface area contributed by atoms with Gasteiger partial charge in [-0.2, -0.15) is 13.2 Å². The van der Waals surface area contributed by atoms with E-state index < -0.39 is 11.7 Å². The minimum Gasteiger partial charge on any atom is -0.372 e. The highest BCUT2D eigenvalue weighted by Crippen LogP contribution is 2.35. The zero-order chi connectivity index (χ0) is 15.6. The Morgan fingerprint density at radius 2 is 1.86 bits per heavy atom. The van der Waals surface area contributed by atoms with Gasteiger partial charge in [-0.1, -0.05) is 6.07 Å². The molecule has 1 aliphatic heterocycles. The molecule has 0 spiro atoms. The van der Waals surface area contributed by atoms with E-state index in [0.29, 0.717) is 18.8 Å². The molecule has 0 aliphatic carbocycles. The van der Waals surface area contributed by atoms with Crippen molar-refractivity contribution < 1.29 is 17.9 Å². The third kappa shape index (κ3) is 3.89. The van der Waals surface area contributed by atoms with Crippen molar-refractivity contribution in [3.8, 4) is 0 Å². The van der Waals surface area contributed by atoms with Gasteiger partial charge in [-0.25, -0.2) is 0 Å². The van der Waals surface area contributed by atoms with Crippen LogP contribution in [-0.2, 0) is 17.3 Å². The van der Waals surface area contributed by atoms with Crippen molar-refractivity contribution in [2.45, 2.75) is 38.7 Å². The van der Waals surface area contributed by atoms with Gasteiger partial charge in [0.25, 0.3) is 0 Å². The number of morpholine rings is 1. The number of hydrogen-bond donors (Lipinski definition) is 1. The highest BCUT2D eigenvalue weighted by molar-refractivity contribution is 5.52. The lowest BCUT2D eigenvalue weighted by atomic mass is 10.0. The van der Waals surface area contributed by atoms with Gasteiger partial charge in [-0.3, -0.25) is 0 Å². The molecular formula is C15H21F3N2O. The van der Waals surface area contributed by atoms with Crippen molar-refractivity contribution in [3.63, 3.8) is 0 Å². The number of rotatable bonds is 3. The zero-order valence-corrected chi connectivity index (χ0v) is 12.3. The van der Waals surface area contributed by atoms with E-state index in [9.17, 15) is 13.2 Å². The molecular weight excluding hydrogens is 281 g/mol. The molecule has 1 aromatic carbocycles. The van der Waals surface area contributed by atoms with Gasteiger partial charge < -0.3 is 15.4 Å². The average molecular weight is 302 g/mol. The van der Waals surface area contributed by atoms with Crippen LogP contribution in [0.2, 0.25) is 0 Å². The van der Waals surface area contributed by atoms with Crippen molar-refractivity contribution in [1.29, 1.82) is 0 Å². The Kier molecular flexibility index (Phi) is 4.78. The Morgan fingerprint density at radius 1 is 1.24 bits per heavy atom. The molecule has 3 nitrogen and oxygen atoms in total. The van der Waals surface area contributed by atoms with Gasteiger partial charge in [0.2, 0.25) is 0 Å². The number of anilines is 1. The quantitative estimate of drug-likeness (QED) is 0.933. The summed E-state index contributed by atoms with van der Waals surface area (Å²) in [5, 5.41) is 0. The maximum absolute atomic E-state index is 13.2. The predicted molar refractivity (Wildman–Crippen MR) is 76.4 cm³/mol.